The van der Waals surface area contributed by atoms with Crippen LogP contribution in [0.15, 0.2) is 16.4 Å². The molecule has 4 nitrogen and oxygen atoms in total. The van der Waals surface area contributed by atoms with Gasteiger partial charge < -0.3 is 9.72 Å². The molecule has 1 aromatic rings. The van der Waals surface area contributed by atoms with Crippen molar-refractivity contribution in [2.45, 2.75) is 45.1 Å². The van der Waals surface area contributed by atoms with Crippen LogP contribution in [-0.4, -0.2) is 15.6 Å². The summed E-state index contributed by atoms with van der Waals surface area (Å²) >= 11 is 5.02. The van der Waals surface area contributed by atoms with Crippen molar-refractivity contribution in [1.82, 2.24) is 9.97 Å². The molecule has 0 amide bonds. The largest absolute Gasteiger partial charge is 0.472 e. The molecule has 3 rings (SSSR count). The maximum atomic E-state index is 12.2. The Hall–Kier alpha value is -1.36. The summed E-state index contributed by atoms with van der Waals surface area (Å²) in [7, 11) is 0. The minimum absolute atomic E-state index is 0.114. The van der Waals surface area contributed by atoms with E-state index >= 15 is 0 Å². The van der Waals surface area contributed by atoms with E-state index in [1.54, 1.807) is 0 Å². The number of nitrogens with one attached hydrogen (secondary N) is 2. The summed E-state index contributed by atoms with van der Waals surface area (Å²) in [5.41, 5.74) is 1.61. The van der Waals surface area contributed by atoms with Crippen LogP contribution in [0.25, 0.3) is 0 Å². The van der Waals surface area contributed by atoms with Gasteiger partial charge in [-0.3, -0.25) is 9.78 Å². The highest BCUT2D eigenvalue weighted by molar-refractivity contribution is 7.71. The minimum atomic E-state index is -0.291. The van der Waals surface area contributed by atoms with Crippen LogP contribution in [-0.2, 0) is 0 Å². The van der Waals surface area contributed by atoms with Crippen LogP contribution in [0.1, 0.15) is 45.1 Å². The van der Waals surface area contributed by atoms with Gasteiger partial charge in [0.15, 0.2) is 4.77 Å². The Morgan fingerprint density at radius 3 is 2.89 bits per heavy atom. The zero-order valence-corrected chi connectivity index (χ0v) is 12.2. The third-order valence-electron chi connectivity index (χ3n) is 4.28. The van der Waals surface area contributed by atoms with E-state index in [1.807, 2.05) is 0 Å². The third kappa shape index (κ3) is 1.96. The molecule has 1 aliphatic heterocycles. The van der Waals surface area contributed by atoms with Gasteiger partial charge in [-0.15, -0.1) is 0 Å². The van der Waals surface area contributed by atoms with Crippen molar-refractivity contribution in [2.75, 3.05) is 0 Å². The van der Waals surface area contributed by atoms with Crippen molar-refractivity contribution in [3.8, 4) is 5.88 Å². The monoisotopic (exact) mass is 278 g/mol. The first kappa shape index (κ1) is 12.7. The molecule has 0 spiro atoms. The van der Waals surface area contributed by atoms with Crippen LogP contribution in [0.5, 0.6) is 5.88 Å². The van der Waals surface area contributed by atoms with Gasteiger partial charge in [0.2, 0.25) is 5.88 Å². The second-order valence-electron chi connectivity index (χ2n) is 6.04. The lowest BCUT2D eigenvalue weighted by Crippen LogP contribution is -2.47. The number of allylic oxidation sites excluding steroid dienone is 2. The Kier molecular flexibility index (Phi) is 2.71. The number of ether oxygens (including phenoxy) is 1. The average Bonchev–Trinajstić information content (AvgIpc) is 2.25. The van der Waals surface area contributed by atoms with Gasteiger partial charge in [0.1, 0.15) is 5.60 Å². The van der Waals surface area contributed by atoms with Crippen LogP contribution >= 0.6 is 12.2 Å². The van der Waals surface area contributed by atoms with Crippen molar-refractivity contribution in [1.29, 1.82) is 0 Å². The first-order chi connectivity index (χ1) is 8.88. The molecule has 102 valence electrons. The van der Waals surface area contributed by atoms with Crippen LogP contribution in [0, 0.1) is 10.7 Å². The molecule has 0 aromatic carbocycles. The lowest BCUT2D eigenvalue weighted by atomic mass is 9.69. The maximum Gasteiger partial charge on any atom is 0.259 e. The van der Waals surface area contributed by atoms with Gasteiger partial charge in [-0.2, -0.15) is 0 Å². The summed E-state index contributed by atoms with van der Waals surface area (Å²) in [5, 5.41) is 0. The van der Waals surface area contributed by atoms with Crippen LogP contribution in [0.4, 0.5) is 0 Å². The molecule has 0 fully saturated rings. The molecule has 0 unspecified atom stereocenters. The molecule has 5 heteroatoms. The summed E-state index contributed by atoms with van der Waals surface area (Å²) in [6, 6.07) is 0. The van der Waals surface area contributed by atoms with E-state index in [2.05, 4.69) is 36.8 Å². The Morgan fingerprint density at radius 1 is 1.42 bits per heavy atom. The van der Waals surface area contributed by atoms with Crippen LogP contribution < -0.4 is 10.3 Å². The SMILES string of the molecule is CC1=C[C@@H]2c3c([nH]c(=S)[nH]c3=O)OC(C)(C)[C@H]2CC1. The number of H-pyrrole nitrogens is 2. The van der Waals surface area contributed by atoms with Gasteiger partial charge >= 0.3 is 0 Å². The molecule has 0 radical (unpaired) electrons. The Labute approximate surface area is 116 Å². The standard InChI is InChI=1S/C14H18N2O2S/c1-7-4-5-9-8(6-7)10-11(17)15-13(19)16-12(10)18-14(9,2)3/h6,8-9H,4-5H2,1-3H3,(H2,15,16,17,19)/t8-,9-/m0/s1. The number of hydrogen-bond donors (Lipinski definition) is 2. The Morgan fingerprint density at radius 2 is 2.16 bits per heavy atom. The quantitative estimate of drug-likeness (QED) is 0.566. The maximum absolute atomic E-state index is 12.2. The first-order valence-corrected chi connectivity index (χ1v) is 7.02. The van der Waals surface area contributed by atoms with Gasteiger partial charge in [-0.25, -0.2) is 0 Å². The number of hydrogen-bond acceptors (Lipinski definition) is 3. The number of aromatic amines is 2. The van der Waals surface area contributed by atoms with Gasteiger partial charge in [0.25, 0.3) is 5.56 Å². The van der Waals surface area contributed by atoms with E-state index < -0.39 is 0 Å². The minimum Gasteiger partial charge on any atom is -0.472 e. The number of aromatic nitrogens is 2. The van der Waals surface area contributed by atoms with E-state index in [0.29, 0.717) is 22.1 Å². The fourth-order valence-electron chi connectivity index (χ4n) is 3.33. The third-order valence-corrected chi connectivity index (χ3v) is 4.49. The molecule has 1 aliphatic carbocycles. The highest BCUT2D eigenvalue weighted by Gasteiger charge is 2.45. The van der Waals surface area contributed by atoms with Crippen molar-refractivity contribution in [3.63, 3.8) is 0 Å². The molecule has 2 N–H and O–H groups in total. The predicted octanol–water partition coefficient (Wildman–Crippen LogP) is 3.04. The molecule has 2 atom stereocenters. The van der Waals surface area contributed by atoms with Crippen molar-refractivity contribution >= 4 is 12.2 Å². The van der Waals surface area contributed by atoms with Crippen LogP contribution in [0.2, 0.25) is 0 Å². The molecule has 0 saturated carbocycles. The topological polar surface area (TPSA) is 57.9 Å². The van der Waals surface area contributed by atoms with Gasteiger partial charge in [-0.05, 0) is 45.8 Å². The number of rotatable bonds is 0. The van der Waals surface area contributed by atoms with E-state index in [0.717, 1.165) is 12.8 Å². The average molecular weight is 278 g/mol. The molecule has 0 bridgehead atoms. The molecule has 19 heavy (non-hydrogen) atoms. The normalized spacial score (nSPS) is 27.8. The molecular weight excluding hydrogens is 260 g/mol. The summed E-state index contributed by atoms with van der Waals surface area (Å²) in [6.45, 7) is 6.29. The van der Waals surface area contributed by atoms with E-state index in [1.165, 1.54) is 5.57 Å². The summed E-state index contributed by atoms with van der Waals surface area (Å²) in [6.07, 6.45) is 4.34. The van der Waals surface area contributed by atoms with Gasteiger partial charge in [0, 0.05) is 11.8 Å². The fourth-order valence-corrected chi connectivity index (χ4v) is 3.52. The summed E-state index contributed by atoms with van der Waals surface area (Å²) in [5.74, 6) is 0.975. The first-order valence-electron chi connectivity index (χ1n) is 6.61. The lowest BCUT2D eigenvalue weighted by molar-refractivity contribution is 0.00601. The second kappa shape index (κ2) is 4.07. The zero-order chi connectivity index (χ0) is 13.8. The fraction of sp³-hybridized carbons (Fsp3) is 0.571. The van der Waals surface area contributed by atoms with Gasteiger partial charge in [0.05, 0.1) is 5.56 Å². The zero-order valence-electron chi connectivity index (χ0n) is 11.4. The highest BCUT2D eigenvalue weighted by Crippen LogP contribution is 2.48. The van der Waals surface area contributed by atoms with E-state index in [-0.39, 0.29) is 17.1 Å². The van der Waals surface area contributed by atoms with E-state index in [4.69, 9.17) is 17.0 Å². The molecular formula is C14H18N2O2S. The lowest BCUT2D eigenvalue weighted by Gasteiger charge is -2.45. The van der Waals surface area contributed by atoms with Gasteiger partial charge in [-0.1, -0.05) is 11.6 Å². The van der Waals surface area contributed by atoms with E-state index in [9.17, 15) is 4.79 Å². The molecule has 1 aromatic heterocycles. The van der Waals surface area contributed by atoms with Crippen molar-refractivity contribution in [2.24, 2.45) is 5.92 Å². The molecule has 2 heterocycles. The van der Waals surface area contributed by atoms with Crippen LogP contribution in [0.3, 0.4) is 0 Å². The summed E-state index contributed by atoms with van der Waals surface area (Å²) < 4.78 is 6.33. The smallest absolute Gasteiger partial charge is 0.259 e. The molecule has 2 aliphatic rings. The Balaban J connectivity index is 2.27. The molecule has 0 saturated heterocycles. The van der Waals surface area contributed by atoms with Crippen molar-refractivity contribution in [3.05, 3.63) is 32.3 Å². The summed E-state index contributed by atoms with van der Waals surface area (Å²) in [4.78, 5) is 17.9. The second-order valence-corrected chi connectivity index (χ2v) is 6.45. The highest BCUT2D eigenvalue weighted by atomic mass is 32.1. The predicted molar refractivity (Wildman–Crippen MR) is 76.2 cm³/mol. The van der Waals surface area contributed by atoms with Crippen molar-refractivity contribution < 1.29 is 4.74 Å². The Bertz CT molecular complexity index is 669. The number of fused-ring (bicyclic) bond motifs is 3.